The predicted octanol–water partition coefficient (Wildman–Crippen LogP) is 0.953. The lowest BCUT2D eigenvalue weighted by Crippen LogP contribution is -2.21. The largest absolute Gasteiger partial charge is 0.369 e. The number of hydrogen-bond donors (Lipinski definition) is 1. The second-order valence-corrected chi connectivity index (χ2v) is 3.67. The van der Waals surface area contributed by atoms with Gasteiger partial charge < -0.3 is 5.73 Å². The maximum atomic E-state index is 11.5. The van der Waals surface area contributed by atoms with Gasteiger partial charge in [0.15, 0.2) is 0 Å². The lowest BCUT2D eigenvalue weighted by Gasteiger charge is -2.05. The summed E-state index contributed by atoms with van der Waals surface area (Å²) >= 11 is 0. The number of anilines is 1. The van der Waals surface area contributed by atoms with E-state index in [9.17, 15) is 4.79 Å². The maximum absolute atomic E-state index is 11.5. The lowest BCUT2D eigenvalue weighted by atomic mass is 10.1. The molecule has 0 unspecified atom stereocenters. The van der Waals surface area contributed by atoms with Crippen molar-refractivity contribution >= 4 is 5.95 Å². The van der Waals surface area contributed by atoms with Crippen molar-refractivity contribution in [2.24, 2.45) is 7.05 Å². The van der Waals surface area contributed by atoms with Crippen LogP contribution in [0, 0.1) is 0 Å². The van der Waals surface area contributed by atoms with Crippen LogP contribution in [0.2, 0.25) is 0 Å². The topological polar surface area (TPSA) is 60.9 Å². The first-order valence-electron chi connectivity index (χ1n) is 5.03. The van der Waals surface area contributed by atoms with E-state index in [1.807, 2.05) is 30.3 Å². The summed E-state index contributed by atoms with van der Waals surface area (Å²) in [6.07, 6.45) is 0.626. The molecule has 1 aromatic heterocycles. The van der Waals surface area contributed by atoms with Gasteiger partial charge in [0, 0.05) is 19.5 Å². The van der Waals surface area contributed by atoms with Crippen molar-refractivity contribution in [3.8, 4) is 0 Å². The number of nitrogen functional groups attached to an aromatic ring is 1. The highest BCUT2D eigenvalue weighted by Gasteiger charge is 2.03. The average Bonchev–Trinajstić information content (AvgIpc) is 2.27. The van der Waals surface area contributed by atoms with E-state index >= 15 is 0 Å². The van der Waals surface area contributed by atoms with Crippen molar-refractivity contribution in [3.63, 3.8) is 0 Å². The Bertz CT molecular complexity index is 546. The van der Waals surface area contributed by atoms with Gasteiger partial charge in [0.05, 0.1) is 5.69 Å². The first-order valence-corrected chi connectivity index (χ1v) is 5.03. The molecule has 0 saturated heterocycles. The monoisotopic (exact) mass is 215 g/mol. The Balaban J connectivity index is 2.33. The van der Waals surface area contributed by atoms with Gasteiger partial charge in [-0.25, -0.2) is 4.98 Å². The molecule has 2 N–H and O–H groups in total. The minimum absolute atomic E-state index is 0.126. The van der Waals surface area contributed by atoms with Gasteiger partial charge >= 0.3 is 0 Å². The molecule has 0 radical (unpaired) electrons. The zero-order chi connectivity index (χ0) is 11.5. The average molecular weight is 215 g/mol. The van der Waals surface area contributed by atoms with Crippen molar-refractivity contribution in [2.75, 3.05) is 5.73 Å². The van der Waals surface area contributed by atoms with E-state index < -0.39 is 0 Å². The van der Waals surface area contributed by atoms with Crippen LogP contribution in [0.25, 0.3) is 0 Å². The Morgan fingerprint density at radius 1 is 1.31 bits per heavy atom. The molecule has 2 rings (SSSR count). The van der Waals surface area contributed by atoms with Crippen LogP contribution in [-0.2, 0) is 13.5 Å². The molecular formula is C12H13N3O. The van der Waals surface area contributed by atoms with Gasteiger partial charge in [0.25, 0.3) is 5.56 Å². The van der Waals surface area contributed by atoms with E-state index in [1.165, 1.54) is 10.6 Å². The van der Waals surface area contributed by atoms with E-state index in [-0.39, 0.29) is 11.5 Å². The van der Waals surface area contributed by atoms with Crippen LogP contribution in [0.15, 0.2) is 41.2 Å². The molecule has 0 aliphatic carbocycles. The molecular weight excluding hydrogens is 202 g/mol. The third-order valence-corrected chi connectivity index (χ3v) is 2.45. The van der Waals surface area contributed by atoms with E-state index in [2.05, 4.69) is 4.98 Å². The van der Waals surface area contributed by atoms with Gasteiger partial charge in [-0.2, -0.15) is 0 Å². The number of rotatable bonds is 2. The summed E-state index contributed by atoms with van der Waals surface area (Å²) in [6.45, 7) is 0. The molecule has 82 valence electrons. The van der Waals surface area contributed by atoms with Crippen LogP contribution in [-0.4, -0.2) is 9.55 Å². The Kier molecular flexibility index (Phi) is 2.72. The number of nitrogens with zero attached hydrogens (tertiary/aromatic N) is 2. The minimum atomic E-state index is -0.126. The van der Waals surface area contributed by atoms with Crippen LogP contribution < -0.4 is 11.3 Å². The van der Waals surface area contributed by atoms with Crippen molar-refractivity contribution in [1.29, 1.82) is 0 Å². The predicted molar refractivity (Wildman–Crippen MR) is 63.1 cm³/mol. The summed E-state index contributed by atoms with van der Waals surface area (Å²) in [7, 11) is 1.61. The summed E-state index contributed by atoms with van der Waals surface area (Å²) in [6, 6.07) is 11.4. The Hall–Kier alpha value is -2.10. The van der Waals surface area contributed by atoms with E-state index in [0.717, 1.165) is 5.56 Å². The summed E-state index contributed by atoms with van der Waals surface area (Å²) in [4.78, 5) is 15.7. The number of aromatic nitrogens is 2. The third kappa shape index (κ3) is 2.11. The highest BCUT2D eigenvalue weighted by Crippen LogP contribution is 2.06. The summed E-state index contributed by atoms with van der Waals surface area (Å²) in [5, 5.41) is 0. The van der Waals surface area contributed by atoms with Gasteiger partial charge in [0.2, 0.25) is 5.95 Å². The van der Waals surface area contributed by atoms with E-state index in [1.54, 1.807) is 7.05 Å². The number of nitrogens with two attached hydrogens (primary N) is 1. The second kappa shape index (κ2) is 4.18. The molecule has 0 bridgehead atoms. The molecule has 0 amide bonds. The highest BCUT2D eigenvalue weighted by molar-refractivity contribution is 5.25. The van der Waals surface area contributed by atoms with Gasteiger partial charge in [-0.15, -0.1) is 0 Å². The van der Waals surface area contributed by atoms with E-state index in [4.69, 9.17) is 5.73 Å². The Morgan fingerprint density at radius 3 is 2.62 bits per heavy atom. The van der Waals surface area contributed by atoms with Crippen LogP contribution in [0.1, 0.15) is 11.3 Å². The maximum Gasteiger partial charge on any atom is 0.254 e. The van der Waals surface area contributed by atoms with Gasteiger partial charge in [-0.3, -0.25) is 9.36 Å². The molecule has 0 aliphatic rings. The molecule has 0 fully saturated rings. The number of benzene rings is 1. The highest BCUT2D eigenvalue weighted by atomic mass is 16.1. The summed E-state index contributed by atoms with van der Waals surface area (Å²) < 4.78 is 1.33. The number of hydrogen-bond acceptors (Lipinski definition) is 3. The summed E-state index contributed by atoms with van der Waals surface area (Å²) in [5.41, 5.74) is 7.31. The molecule has 0 spiro atoms. The van der Waals surface area contributed by atoms with Gasteiger partial charge in [-0.1, -0.05) is 30.3 Å². The fraction of sp³-hybridized carbons (Fsp3) is 0.167. The molecule has 2 aromatic rings. The minimum Gasteiger partial charge on any atom is -0.369 e. The van der Waals surface area contributed by atoms with Crippen LogP contribution in [0.5, 0.6) is 0 Å². The zero-order valence-corrected chi connectivity index (χ0v) is 9.05. The quantitative estimate of drug-likeness (QED) is 0.811. The SMILES string of the molecule is Cn1c(N)nc(Cc2ccccc2)cc1=O. The first kappa shape index (κ1) is 10.4. The third-order valence-electron chi connectivity index (χ3n) is 2.45. The molecule has 0 atom stereocenters. The van der Waals surface area contributed by atoms with E-state index in [0.29, 0.717) is 12.1 Å². The summed E-state index contributed by atoms with van der Waals surface area (Å²) in [5.74, 6) is 0.249. The van der Waals surface area contributed by atoms with Crippen LogP contribution >= 0.6 is 0 Å². The fourth-order valence-electron chi connectivity index (χ4n) is 1.50. The smallest absolute Gasteiger partial charge is 0.254 e. The van der Waals surface area contributed by atoms with Crippen molar-refractivity contribution in [1.82, 2.24) is 9.55 Å². The molecule has 4 heteroatoms. The standard InChI is InChI=1S/C12H13N3O/c1-15-11(16)8-10(14-12(15)13)7-9-5-3-2-4-6-9/h2-6,8H,7H2,1H3,(H2,13,14). The van der Waals surface area contributed by atoms with Crippen molar-refractivity contribution in [2.45, 2.75) is 6.42 Å². The molecule has 1 heterocycles. The van der Waals surface area contributed by atoms with Gasteiger partial charge in [-0.05, 0) is 5.56 Å². The lowest BCUT2D eigenvalue weighted by molar-refractivity contribution is 0.825. The zero-order valence-electron chi connectivity index (χ0n) is 9.05. The molecule has 16 heavy (non-hydrogen) atoms. The second-order valence-electron chi connectivity index (χ2n) is 3.67. The molecule has 1 aromatic carbocycles. The molecule has 4 nitrogen and oxygen atoms in total. The van der Waals surface area contributed by atoms with Crippen LogP contribution in [0.4, 0.5) is 5.95 Å². The normalized spacial score (nSPS) is 10.3. The fourth-order valence-corrected chi connectivity index (χ4v) is 1.50. The Labute approximate surface area is 93.4 Å². The first-order chi connectivity index (χ1) is 7.66. The Morgan fingerprint density at radius 2 is 2.00 bits per heavy atom. The molecule has 0 aliphatic heterocycles. The van der Waals surface area contributed by atoms with Crippen molar-refractivity contribution in [3.05, 3.63) is 58.0 Å². The van der Waals surface area contributed by atoms with Crippen LogP contribution in [0.3, 0.4) is 0 Å². The van der Waals surface area contributed by atoms with Gasteiger partial charge in [0.1, 0.15) is 0 Å². The van der Waals surface area contributed by atoms with Crippen molar-refractivity contribution < 1.29 is 0 Å². The molecule has 0 saturated carbocycles.